The molecule has 136 valence electrons. The number of nitrogens with one attached hydrogen (secondary N) is 2. The Bertz CT molecular complexity index is 1030. The summed E-state index contributed by atoms with van der Waals surface area (Å²) in [4.78, 5) is 29.1. The first kappa shape index (κ1) is 17.5. The van der Waals surface area contributed by atoms with Gasteiger partial charge in [-0.1, -0.05) is 35.9 Å². The van der Waals surface area contributed by atoms with Crippen molar-refractivity contribution in [1.29, 1.82) is 0 Å². The molecule has 2 heterocycles. The van der Waals surface area contributed by atoms with Crippen molar-refractivity contribution in [2.75, 3.05) is 10.6 Å². The molecular weight excluding hydrogens is 362 g/mol. The number of hydrogen-bond donors (Lipinski definition) is 2. The Morgan fingerprint density at radius 3 is 2.96 bits per heavy atom. The number of hydrogen-bond acceptors (Lipinski definition) is 3. The second-order valence-corrected chi connectivity index (χ2v) is 7.10. The molecule has 1 atom stereocenters. The lowest BCUT2D eigenvalue weighted by Crippen LogP contribution is -2.30. The van der Waals surface area contributed by atoms with Gasteiger partial charge in [0, 0.05) is 34.6 Å². The number of nitrogens with zero attached hydrogens (tertiary/aromatic N) is 1. The normalized spacial score (nSPS) is 15.9. The second kappa shape index (κ2) is 7.37. The topological polar surface area (TPSA) is 71.1 Å². The summed E-state index contributed by atoms with van der Waals surface area (Å²) in [5, 5.41) is 7.20. The van der Waals surface area contributed by atoms with Crippen LogP contribution in [0.3, 0.4) is 0 Å². The van der Waals surface area contributed by atoms with E-state index in [0.717, 1.165) is 16.6 Å². The lowest BCUT2D eigenvalue weighted by molar-refractivity contribution is -0.121. The van der Waals surface area contributed by atoms with Crippen LogP contribution in [0, 0.1) is 5.92 Å². The highest BCUT2D eigenvalue weighted by atomic mass is 35.5. The molecule has 0 bridgehead atoms. The van der Waals surface area contributed by atoms with Crippen LogP contribution in [0.25, 0.3) is 10.9 Å². The van der Waals surface area contributed by atoms with E-state index in [1.807, 2.05) is 42.5 Å². The molecule has 1 aliphatic rings. The molecule has 2 N–H and O–H groups in total. The molecule has 2 aromatic carbocycles. The van der Waals surface area contributed by atoms with Crippen molar-refractivity contribution in [2.24, 2.45) is 5.92 Å². The van der Waals surface area contributed by atoms with Crippen LogP contribution in [0.4, 0.5) is 11.4 Å². The average molecular weight is 380 g/mol. The first-order valence-corrected chi connectivity index (χ1v) is 9.21. The molecule has 6 heteroatoms. The summed E-state index contributed by atoms with van der Waals surface area (Å²) in [6.07, 6.45) is 3.06. The standard InChI is InChI=1S/C21H18ClN3O2/c22-16-11-14-5-3-9-23-20(14)18(12-16)24-19(26)8-7-15-10-13-4-1-2-6-17(13)25-21(15)27/h1-6,9,11-12,15H,7-8,10H2,(H,24,26)(H,25,27). The van der Waals surface area contributed by atoms with Crippen LogP contribution in [0.2, 0.25) is 5.02 Å². The predicted molar refractivity (Wildman–Crippen MR) is 107 cm³/mol. The molecule has 0 spiro atoms. The first-order valence-electron chi connectivity index (χ1n) is 8.83. The monoisotopic (exact) mass is 379 g/mol. The fourth-order valence-corrected chi connectivity index (χ4v) is 3.64. The number of fused-ring (bicyclic) bond motifs is 2. The zero-order valence-corrected chi connectivity index (χ0v) is 15.3. The van der Waals surface area contributed by atoms with Gasteiger partial charge in [-0.25, -0.2) is 0 Å². The average Bonchev–Trinajstić information content (AvgIpc) is 2.66. The summed E-state index contributed by atoms with van der Waals surface area (Å²) in [7, 11) is 0. The fourth-order valence-electron chi connectivity index (χ4n) is 3.42. The third-order valence-corrected chi connectivity index (χ3v) is 4.99. The lowest BCUT2D eigenvalue weighted by atomic mass is 9.89. The fraction of sp³-hybridized carbons (Fsp3) is 0.190. The summed E-state index contributed by atoms with van der Waals surface area (Å²) in [5.74, 6) is -0.396. The van der Waals surface area contributed by atoms with E-state index in [4.69, 9.17) is 11.6 Å². The van der Waals surface area contributed by atoms with Gasteiger partial charge in [0.25, 0.3) is 0 Å². The van der Waals surface area contributed by atoms with E-state index in [0.29, 0.717) is 29.1 Å². The Kier molecular flexibility index (Phi) is 4.77. The number of carbonyl (C=O) groups excluding carboxylic acids is 2. The van der Waals surface area contributed by atoms with Crippen LogP contribution >= 0.6 is 11.6 Å². The Balaban J connectivity index is 1.43. The number of benzene rings is 2. The lowest BCUT2D eigenvalue weighted by Gasteiger charge is -2.24. The zero-order valence-electron chi connectivity index (χ0n) is 14.5. The molecule has 2 amide bonds. The Morgan fingerprint density at radius 2 is 2.07 bits per heavy atom. The summed E-state index contributed by atoms with van der Waals surface area (Å²) in [6.45, 7) is 0. The van der Waals surface area contributed by atoms with Gasteiger partial charge >= 0.3 is 0 Å². The first-order chi connectivity index (χ1) is 13.1. The molecule has 4 rings (SSSR count). The van der Waals surface area contributed by atoms with Gasteiger partial charge in [-0.3, -0.25) is 14.6 Å². The van der Waals surface area contributed by atoms with Gasteiger partial charge in [0.1, 0.15) is 0 Å². The van der Waals surface area contributed by atoms with Gasteiger partial charge in [0.15, 0.2) is 0 Å². The maximum atomic E-state index is 12.4. The van der Waals surface area contributed by atoms with Crippen LogP contribution in [0.15, 0.2) is 54.7 Å². The van der Waals surface area contributed by atoms with Crippen molar-refractivity contribution in [3.05, 3.63) is 65.3 Å². The largest absolute Gasteiger partial charge is 0.326 e. The maximum Gasteiger partial charge on any atom is 0.227 e. The van der Waals surface area contributed by atoms with Gasteiger partial charge in [0.2, 0.25) is 11.8 Å². The van der Waals surface area contributed by atoms with Crippen molar-refractivity contribution in [1.82, 2.24) is 4.98 Å². The molecule has 0 saturated carbocycles. The van der Waals surface area contributed by atoms with E-state index in [9.17, 15) is 9.59 Å². The minimum absolute atomic E-state index is 0.0311. The van der Waals surface area contributed by atoms with Crippen LogP contribution < -0.4 is 10.6 Å². The van der Waals surface area contributed by atoms with Crippen LogP contribution in [0.5, 0.6) is 0 Å². The van der Waals surface area contributed by atoms with Crippen molar-refractivity contribution in [3.63, 3.8) is 0 Å². The number of halogens is 1. The van der Waals surface area contributed by atoms with E-state index in [1.165, 1.54) is 0 Å². The van der Waals surface area contributed by atoms with Crippen molar-refractivity contribution < 1.29 is 9.59 Å². The molecule has 27 heavy (non-hydrogen) atoms. The van der Waals surface area contributed by atoms with Gasteiger partial charge in [0.05, 0.1) is 11.2 Å². The smallest absolute Gasteiger partial charge is 0.227 e. The van der Waals surface area contributed by atoms with Gasteiger partial charge < -0.3 is 10.6 Å². The number of amides is 2. The Hall–Kier alpha value is -2.92. The molecule has 0 fully saturated rings. The van der Waals surface area contributed by atoms with E-state index in [-0.39, 0.29) is 24.2 Å². The number of rotatable bonds is 4. The number of pyridine rings is 1. The molecule has 0 radical (unpaired) electrons. The summed E-state index contributed by atoms with van der Waals surface area (Å²) in [5.41, 5.74) is 3.24. The maximum absolute atomic E-state index is 12.4. The van der Waals surface area contributed by atoms with Crippen molar-refractivity contribution in [2.45, 2.75) is 19.3 Å². The minimum Gasteiger partial charge on any atom is -0.326 e. The highest BCUT2D eigenvalue weighted by Crippen LogP contribution is 2.29. The van der Waals surface area contributed by atoms with E-state index < -0.39 is 0 Å². The predicted octanol–water partition coefficient (Wildman–Crippen LogP) is 4.42. The van der Waals surface area contributed by atoms with Crippen molar-refractivity contribution >= 4 is 45.7 Å². The third-order valence-electron chi connectivity index (χ3n) is 4.78. The molecule has 1 unspecified atom stereocenters. The molecule has 0 aliphatic carbocycles. The summed E-state index contributed by atoms with van der Waals surface area (Å²) in [6, 6.07) is 15.0. The number of carbonyl (C=O) groups is 2. The van der Waals surface area contributed by atoms with Gasteiger partial charge in [-0.05, 0) is 42.7 Å². The minimum atomic E-state index is -0.208. The number of aromatic nitrogens is 1. The second-order valence-electron chi connectivity index (χ2n) is 6.66. The van der Waals surface area contributed by atoms with Crippen LogP contribution in [-0.4, -0.2) is 16.8 Å². The number of anilines is 2. The molecular formula is C21H18ClN3O2. The molecule has 1 aromatic heterocycles. The SMILES string of the molecule is O=C(CCC1Cc2ccccc2NC1=O)Nc1cc(Cl)cc2cccnc12. The highest BCUT2D eigenvalue weighted by molar-refractivity contribution is 6.32. The van der Waals surface area contributed by atoms with Crippen LogP contribution in [0.1, 0.15) is 18.4 Å². The van der Waals surface area contributed by atoms with Crippen LogP contribution in [-0.2, 0) is 16.0 Å². The molecule has 3 aromatic rings. The third kappa shape index (κ3) is 3.78. The number of para-hydroxylation sites is 1. The van der Waals surface area contributed by atoms with E-state index in [2.05, 4.69) is 15.6 Å². The Labute approximate surface area is 161 Å². The highest BCUT2D eigenvalue weighted by Gasteiger charge is 2.26. The Morgan fingerprint density at radius 1 is 1.22 bits per heavy atom. The quantitative estimate of drug-likeness (QED) is 0.705. The summed E-state index contributed by atoms with van der Waals surface area (Å²) >= 11 is 6.14. The van der Waals surface area contributed by atoms with E-state index in [1.54, 1.807) is 12.3 Å². The molecule has 0 saturated heterocycles. The molecule has 5 nitrogen and oxygen atoms in total. The van der Waals surface area contributed by atoms with Crippen molar-refractivity contribution in [3.8, 4) is 0 Å². The van der Waals surface area contributed by atoms with E-state index >= 15 is 0 Å². The zero-order chi connectivity index (χ0) is 18.8. The van der Waals surface area contributed by atoms with Gasteiger partial charge in [-0.2, -0.15) is 0 Å². The summed E-state index contributed by atoms with van der Waals surface area (Å²) < 4.78 is 0. The molecule has 1 aliphatic heterocycles. The van der Waals surface area contributed by atoms with Gasteiger partial charge in [-0.15, -0.1) is 0 Å².